The molecule has 1 amide bonds. The summed E-state index contributed by atoms with van der Waals surface area (Å²) in [7, 11) is 4.53. The number of nitrogens with zero attached hydrogens (tertiary/aromatic N) is 2. The van der Waals surface area contributed by atoms with Crippen LogP contribution < -0.4 is 19.1 Å². The van der Waals surface area contributed by atoms with Gasteiger partial charge < -0.3 is 24.3 Å². The zero-order valence-corrected chi connectivity index (χ0v) is 20.9. The van der Waals surface area contributed by atoms with Crippen molar-refractivity contribution in [2.75, 3.05) is 26.2 Å². The van der Waals surface area contributed by atoms with E-state index in [2.05, 4.69) is 9.97 Å². The maximum absolute atomic E-state index is 13.5. The van der Waals surface area contributed by atoms with Gasteiger partial charge in [-0.05, 0) is 48.0 Å². The van der Waals surface area contributed by atoms with E-state index in [1.165, 1.54) is 25.2 Å². The van der Waals surface area contributed by atoms with Crippen molar-refractivity contribution in [3.63, 3.8) is 0 Å². The van der Waals surface area contributed by atoms with E-state index in [-0.39, 0.29) is 22.1 Å². The molecule has 4 aromatic rings. The van der Waals surface area contributed by atoms with Crippen molar-refractivity contribution < 1.29 is 28.9 Å². The van der Waals surface area contributed by atoms with Crippen LogP contribution in [0, 0.1) is 0 Å². The number of aliphatic hydroxyl groups is 1. The zero-order valence-electron chi connectivity index (χ0n) is 20.1. The number of Topliss-reactive ketones (excluding diaryl/α,β-unsaturated/α-hetero) is 1. The summed E-state index contributed by atoms with van der Waals surface area (Å²) in [4.78, 5) is 35.8. The van der Waals surface area contributed by atoms with E-state index in [0.29, 0.717) is 33.8 Å². The van der Waals surface area contributed by atoms with E-state index in [0.717, 1.165) is 0 Å². The monoisotopic (exact) mass is 519 g/mol. The Balaban J connectivity index is 1.75. The van der Waals surface area contributed by atoms with Gasteiger partial charge in [-0.25, -0.2) is 4.98 Å². The fourth-order valence-electron chi connectivity index (χ4n) is 4.35. The Labute approximate surface area is 216 Å². The predicted molar refractivity (Wildman–Crippen MR) is 138 cm³/mol. The van der Waals surface area contributed by atoms with Crippen molar-refractivity contribution in [3.8, 4) is 17.2 Å². The number of rotatable bonds is 6. The molecule has 10 heteroatoms. The average Bonchev–Trinajstić information content (AvgIpc) is 3.46. The number of carbonyl (C=O) groups excluding carboxylic acids is 2. The highest BCUT2D eigenvalue weighted by Gasteiger charge is 2.48. The minimum atomic E-state index is -1.03. The van der Waals surface area contributed by atoms with Crippen LogP contribution in [0.15, 0.2) is 66.2 Å². The molecule has 1 unspecified atom stereocenters. The van der Waals surface area contributed by atoms with Gasteiger partial charge in [0.15, 0.2) is 0 Å². The second-order valence-electron chi connectivity index (χ2n) is 8.23. The highest BCUT2D eigenvalue weighted by Crippen LogP contribution is 2.43. The molecule has 0 aliphatic carbocycles. The number of nitrogens with one attached hydrogen (secondary N) is 1. The molecule has 3 aromatic carbocycles. The van der Waals surface area contributed by atoms with Crippen LogP contribution in [0.1, 0.15) is 17.2 Å². The van der Waals surface area contributed by atoms with Gasteiger partial charge in [0.2, 0.25) is 5.95 Å². The molecular weight excluding hydrogens is 498 g/mol. The summed E-state index contributed by atoms with van der Waals surface area (Å²) in [6, 6.07) is 15.7. The smallest absolute Gasteiger partial charge is 0.302 e. The Hall–Kier alpha value is -4.50. The minimum Gasteiger partial charge on any atom is -0.507 e. The summed E-state index contributed by atoms with van der Waals surface area (Å²) < 4.78 is 15.9. The second kappa shape index (κ2) is 9.51. The lowest BCUT2D eigenvalue weighted by Crippen LogP contribution is -2.30. The van der Waals surface area contributed by atoms with Crippen molar-refractivity contribution in [2.45, 2.75) is 6.04 Å². The molecule has 1 fully saturated rings. The number of carbonyl (C=O) groups is 2. The molecule has 1 aromatic heterocycles. The number of amides is 1. The SMILES string of the molecule is COc1cccc(C2/C(=C(\O)c3cc(OC)ccc3Cl)C(=O)C(=O)N2c2nc3ccc(OC)cc3[nH]2)c1. The van der Waals surface area contributed by atoms with Crippen molar-refractivity contribution in [3.05, 3.63) is 82.4 Å². The first-order valence-corrected chi connectivity index (χ1v) is 11.6. The quantitative estimate of drug-likeness (QED) is 0.212. The number of aromatic amines is 1. The molecule has 1 atom stereocenters. The number of ketones is 1. The van der Waals surface area contributed by atoms with Gasteiger partial charge in [0.05, 0.1) is 49.0 Å². The Morgan fingerprint density at radius 1 is 0.946 bits per heavy atom. The summed E-state index contributed by atoms with van der Waals surface area (Å²) in [6.45, 7) is 0. The van der Waals surface area contributed by atoms with Crippen molar-refractivity contribution in [1.29, 1.82) is 0 Å². The lowest BCUT2D eigenvalue weighted by atomic mass is 9.95. The van der Waals surface area contributed by atoms with Gasteiger partial charge in [0.1, 0.15) is 23.0 Å². The van der Waals surface area contributed by atoms with Crippen LogP contribution in [0.3, 0.4) is 0 Å². The Kier molecular flexibility index (Phi) is 6.22. The lowest BCUT2D eigenvalue weighted by molar-refractivity contribution is -0.132. The molecule has 37 heavy (non-hydrogen) atoms. The van der Waals surface area contributed by atoms with Crippen LogP contribution in [-0.2, 0) is 9.59 Å². The second-order valence-corrected chi connectivity index (χ2v) is 8.64. The van der Waals surface area contributed by atoms with Crippen LogP contribution in [0.2, 0.25) is 5.02 Å². The van der Waals surface area contributed by atoms with E-state index in [1.807, 2.05) is 0 Å². The number of ether oxygens (including phenoxy) is 3. The van der Waals surface area contributed by atoms with Crippen LogP contribution >= 0.6 is 11.6 Å². The van der Waals surface area contributed by atoms with Gasteiger partial charge in [0.25, 0.3) is 5.78 Å². The number of imidazole rings is 1. The summed E-state index contributed by atoms with van der Waals surface area (Å²) in [5, 5.41) is 11.6. The van der Waals surface area contributed by atoms with Gasteiger partial charge in [0, 0.05) is 11.6 Å². The summed E-state index contributed by atoms with van der Waals surface area (Å²) in [6.07, 6.45) is 0. The number of fused-ring (bicyclic) bond motifs is 1. The van der Waals surface area contributed by atoms with Gasteiger partial charge >= 0.3 is 5.91 Å². The average molecular weight is 520 g/mol. The number of halogens is 1. The molecule has 1 aliphatic rings. The van der Waals surface area contributed by atoms with E-state index in [9.17, 15) is 14.7 Å². The largest absolute Gasteiger partial charge is 0.507 e. The third-order valence-corrected chi connectivity index (χ3v) is 6.52. The number of benzene rings is 3. The van der Waals surface area contributed by atoms with E-state index >= 15 is 0 Å². The maximum Gasteiger partial charge on any atom is 0.302 e. The molecule has 0 bridgehead atoms. The predicted octanol–water partition coefficient (Wildman–Crippen LogP) is 4.87. The van der Waals surface area contributed by atoms with Crippen molar-refractivity contribution >= 4 is 46.0 Å². The molecule has 1 saturated heterocycles. The molecule has 188 valence electrons. The Bertz CT molecular complexity index is 1580. The molecule has 1 aliphatic heterocycles. The van der Waals surface area contributed by atoms with E-state index in [4.69, 9.17) is 25.8 Å². The topological polar surface area (TPSA) is 114 Å². The number of hydrogen-bond donors (Lipinski definition) is 2. The Morgan fingerprint density at radius 2 is 1.62 bits per heavy atom. The van der Waals surface area contributed by atoms with Crippen LogP contribution in [0.4, 0.5) is 5.95 Å². The minimum absolute atomic E-state index is 0.133. The molecule has 0 radical (unpaired) electrons. The van der Waals surface area contributed by atoms with E-state index < -0.39 is 23.5 Å². The molecular formula is C27H22ClN3O6. The van der Waals surface area contributed by atoms with Crippen molar-refractivity contribution in [2.24, 2.45) is 0 Å². The zero-order chi connectivity index (χ0) is 26.3. The van der Waals surface area contributed by atoms with Gasteiger partial charge in [-0.1, -0.05) is 23.7 Å². The highest BCUT2D eigenvalue weighted by molar-refractivity contribution is 6.51. The van der Waals surface area contributed by atoms with Gasteiger partial charge in [-0.2, -0.15) is 0 Å². The number of aliphatic hydroxyl groups excluding tert-OH is 1. The number of methoxy groups -OCH3 is 3. The maximum atomic E-state index is 13.5. The molecule has 2 heterocycles. The fourth-order valence-corrected chi connectivity index (χ4v) is 4.56. The standard InChI is InChI=1S/C27H22ClN3O6/c1-35-15-6-4-5-14(11-15)23-22(24(32)18-12-16(36-2)7-9-19(18)28)25(33)26(34)31(23)27-29-20-10-8-17(37-3)13-21(20)30-27/h4-13,23,32H,1-3H3,(H,29,30)/b24-22+. The fraction of sp³-hybridized carbons (Fsp3) is 0.148. The van der Waals surface area contributed by atoms with Crippen LogP contribution in [0.25, 0.3) is 16.8 Å². The molecule has 0 spiro atoms. The van der Waals surface area contributed by atoms with Crippen molar-refractivity contribution in [1.82, 2.24) is 9.97 Å². The molecule has 0 saturated carbocycles. The van der Waals surface area contributed by atoms with Gasteiger partial charge in [-0.15, -0.1) is 0 Å². The Morgan fingerprint density at radius 3 is 2.35 bits per heavy atom. The molecule has 9 nitrogen and oxygen atoms in total. The number of anilines is 1. The lowest BCUT2D eigenvalue weighted by Gasteiger charge is -2.23. The third kappa shape index (κ3) is 4.13. The van der Waals surface area contributed by atoms with Gasteiger partial charge in [-0.3, -0.25) is 14.5 Å². The third-order valence-electron chi connectivity index (χ3n) is 6.19. The first kappa shape index (κ1) is 24.2. The summed E-state index contributed by atoms with van der Waals surface area (Å²) >= 11 is 6.38. The summed E-state index contributed by atoms with van der Waals surface area (Å²) in [5.41, 5.74) is 1.71. The number of hydrogen-bond acceptors (Lipinski definition) is 7. The first-order valence-electron chi connectivity index (χ1n) is 11.2. The number of H-pyrrole nitrogens is 1. The number of aromatic nitrogens is 2. The van der Waals surface area contributed by atoms with Crippen LogP contribution in [-0.4, -0.2) is 48.1 Å². The normalized spacial score (nSPS) is 16.9. The summed E-state index contributed by atoms with van der Waals surface area (Å²) in [5.74, 6) is -0.520. The molecule has 2 N–H and O–H groups in total. The van der Waals surface area contributed by atoms with Crippen LogP contribution in [0.5, 0.6) is 17.2 Å². The molecule has 5 rings (SSSR count). The highest BCUT2D eigenvalue weighted by atomic mass is 35.5. The first-order chi connectivity index (χ1) is 17.9. The van der Waals surface area contributed by atoms with E-state index in [1.54, 1.807) is 61.7 Å².